The fourth-order valence-electron chi connectivity index (χ4n) is 5.61. The molecule has 0 saturated heterocycles. The lowest BCUT2D eigenvalue weighted by Crippen LogP contribution is -2.29. The van der Waals surface area contributed by atoms with Gasteiger partial charge in [-0.2, -0.15) is 0 Å². The van der Waals surface area contributed by atoms with Crippen LogP contribution in [0.5, 0.6) is 0 Å². The summed E-state index contributed by atoms with van der Waals surface area (Å²) in [7, 11) is -4.39. The highest BCUT2D eigenvalue weighted by Gasteiger charge is 2.25. The maximum Gasteiger partial charge on any atom is 0.472 e. The van der Waals surface area contributed by atoms with Crippen LogP contribution < -0.4 is 5.73 Å². The van der Waals surface area contributed by atoms with E-state index in [9.17, 15) is 19.0 Å². The fourth-order valence-corrected chi connectivity index (χ4v) is 6.37. The van der Waals surface area contributed by atoms with Crippen molar-refractivity contribution in [2.75, 3.05) is 26.4 Å². The summed E-state index contributed by atoms with van der Waals surface area (Å²) in [6.45, 7) is 3.66. The first kappa shape index (κ1) is 50.2. The van der Waals surface area contributed by atoms with Gasteiger partial charge in [0.15, 0.2) is 6.10 Å². The van der Waals surface area contributed by atoms with Crippen molar-refractivity contribution < 1.29 is 37.6 Å². The Hall–Kier alpha value is -1.77. The van der Waals surface area contributed by atoms with E-state index in [0.29, 0.717) is 6.42 Å². The summed E-state index contributed by atoms with van der Waals surface area (Å²) in [4.78, 5) is 34.8. The molecular formula is C42H78NO8P. The Labute approximate surface area is 318 Å². The molecule has 1 unspecified atom stereocenters. The molecule has 0 aromatic carbocycles. The fraction of sp³-hybridized carbons (Fsp3) is 0.810. The number of phosphoric acid groups is 1. The number of phosphoric ester groups is 1. The molecule has 0 amide bonds. The molecule has 3 N–H and O–H groups in total. The Balaban J connectivity index is 4.25. The predicted octanol–water partition coefficient (Wildman–Crippen LogP) is 11.8. The third-order valence-corrected chi connectivity index (χ3v) is 9.73. The van der Waals surface area contributed by atoms with Crippen LogP contribution in [0.25, 0.3) is 0 Å². The lowest BCUT2D eigenvalue weighted by Gasteiger charge is -2.19. The van der Waals surface area contributed by atoms with E-state index in [1.54, 1.807) is 0 Å². The zero-order valence-corrected chi connectivity index (χ0v) is 34.2. The molecule has 0 spiro atoms. The quantitative estimate of drug-likeness (QED) is 0.0272. The van der Waals surface area contributed by atoms with E-state index in [2.05, 4.69) is 50.3 Å². The number of nitrogens with two attached hydrogens (primary N) is 1. The molecule has 0 aliphatic heterocycles. The SMILES string of the molecule is CCCCCCC/C=C/CCCCCCCC(=O)OC[C@H](COP(=O)(O)OCCN)OC(=O)CCC/C=C/C/C=C/CCCCCCCCCCC. The number of esters is 2. The molecule has 2 atom stereocenters. The van der Waals surface area contributed by atoms with Gasteiger partial charge in [-0.05, 0) is 64.2 Å². The summed E-state index contributed by atoms with van der Waals surface area (Å²) in [5.74, 6) is -0.891. The van der Waals surface area contributed by atoms with Gasteiger partial charge in [0.1, 0.15) is 6.61 Å². The Bertz CT molecular complexity index is 954. The van der Waals surface area contributed by atoms with Crippen molar-refractivity contribution in [2.45, 2.75) is 193 Å². The third kappa shape index (κ3) is 38.0. The van der Waals surface area contributed by atoms with Gasteiger partial charge in [-0.25, -0.2) is 4.57 Å². The van der Waals surface area contributed by atoms with E-state index in [1.807, 2.05) is 0 Å². The van der Waals surface area contributed by atoms with Gasteiger partial charge in [-0.1, -0.05) is 147 Å². The molecule has 0 radical (unpaired) electrons. The van der Waals surface area contributed by atoms with Crippen LogP contribution in [0.4, 0.5) is 0 Å². The molecule has 10 heteroatoms. The van der Waals surface area contributed by atoms with Crippen molar-refractivity contribution in [3.05, 3.63) is 36.5 Å². The van der Waals surface area contributed by atoms with Crippen molar-refractivity contribution in [3.63, 3.8) is 0 Å². The summed E-state index contributed by atoms with van der Waals surface area (Å²) in [5, 5.41) is 0. The predicted molar refractivity (Wildman–Crippen MR) is 215 cm³/mol. The van der Waals surface area contributed by atoms with Crippen LogP contribution in [0.15, 0.2) is 36.5 Å². The lowest BCUT2D eigenvalue weighted by atomic mass is 10.1. The topological polar surface area (TPSA) is 134 Å². The number of rotatable bonds is 39. The van der Waals surface area contributed by atoms with Crippen LogP contribution >= 0.6 is 7.82 Å². The third-order valence-electron chi connectivity index (χ3n) is 8.75. The number of carbonyl (C=O) groups excluding carboxylic acids is 2. The standard InChI is InChI=1S/C42H78NO8P/c1-3-5-7-9-11-13-15-17-19-20-21-23-25-27-29-31-33-35-42(45)51-40(39-50-52(46,47)49-37-36-43)38-48-41(44)34-32-30-28-26-24-22-18-16-14-12-10-8-6-4-2/h16,18,21,23,27,29,40H,3-15,17,19-20,22,24-26,28,30-39,43H2,1-2H3,(H,46,47)/b18-16+,23-21+,29-27+/t40-/m1/s1. The summed E-state index contributed by atoms with van der Waals surface area (Å²) in [6.07, 6.45) is 41.8. The Kier molecular flexibility index (Phi) is 37.6. The van der Waals surface area contributed by atoms with Crippen molar-refractivity contribution in [2.24, 2.45) is 5.73 Å². The minimum Gasteiger partial charge on any atom is -0.462 e. The monoisotopic (exact) mass is 756 g/mol. The van der Waals surface area contributed by atoms with E-state index >= 15 is 0 Å². The van der Waals surface area contributed by atoms with Crippen LogP contribution in [0, 0.1) is 0 Å². The van der Waals surface area contributed by atoms with Gasteiger partial charge in [0.2, 0.25) is 0 Å². The van der Waals surface area contributed by atoms with Gasteiger partial charge in [-0.3, -0.25) is 18.6 Å². The minimum absolute atomic E-state index is 0.0460. The van der Waals surface area contributed by atoms with E-state index < -0.39 is 32.5 Å². The van der Waals surface area contributed by atoms with E-state index in [4.69, 9.17) is 24.3 Å². The molecule has 0 rings (SSSR count). The van der Waals surface area contributed by atoms with Gasteiger partial charge >= 0.3 is 19.8 Å². The summed E-state index contributed by atoms with van der Waals surface area (Å²) < 4.78 is 32.7. The first-order valence-corrected chi connectivity index (χ1v) is 22.5. The molecule has 0 aromatic rings. The van der Waals surface area contributed by atoms with Crippen LogP contribution in [0.2, 0.25) is 0 Å². The molecule has 0 aromatic heterocycles. The number of hydrogen-bond acceptors (Lipinski definition) is 8. The molecule has 0 saturated carbocycles. The average Bonchev–Trinajstić information content (AvgIpc) is 3.13. The zero-order chi connectivity index (χ0) is 38.2. The van der Waals surface area contributed by atoms with Crippen molar-refractivity contribution in [3.8, 4) is 0 Å². The zero-order valence-electron chi connectivity index (χ0n) is 33.3. The maximum atomic E-state index is 12.5. The van der Waals surface area contributed by atoms with Crippen molar-refractivity contribution in [1.82, 2.24) is 0 Å². The van der Waals surface area contributed by atoms with Crippen LogP contribution in [-0.2, 0) is 32.7 Å². The first-order valence-electron chi connectivity index (χ1n) is 21.0. The number of hydrogen-bond donors (Lipinski definition) is 2. The van der Waals surface area contributed by atoms with E-state index in [-0.39, 0.29) is 32.6 Å². The molecule has 9 nitrogen and oxygen atoms in total. The second-order valence-electron chi connectivity index (χ2n) is 13.8. The Morgan fingerprint density at radius 1 is 0.577 bits per heavy atom. The highest BCUT2D eigenvalue weighted by molar-refractivity contribution is 7.47. The summed E-state index contributed by atoms with van der Waals surface area (Å²) >= 11 is 0. The van der Waals surface area contributed by atoms with Gasteiger partial charge < -0.3 is 20.1 Å². The molecule has 0 aliphatic carbocycles. The first-order chi connectivity index (χ1) is 25.3. The number of ether oxygens (including phenoxy) is 2. The molecular weight excluding hydrogens is 677 g/mol. The normalized spacial score (nSPS) is 13.7. The van der Waals surface area contributed by atoms with E-state index in [1.165, 1.54) is 96.3 Å². The second-order valence-corrected chi connectivity index (χ2v) is 15.3. The number of unbranched alkanes of at least 4 members (excludes halogenated alkanes) is 20. The van der Waals surface area contributed by atoms with Gasteiger partial charge in [0.05, 0.1) is 13.2 Å². The summed E-state index contributed by atoms with van der Waals surface area (Å²) in [5.41, 5.74) is 5.34. The Morgan fingerprint density at radius 3 is 1.54 bits per heavy atom. The van der Waals surface area contributed by atoms with Crippen LogP contribution in [-0.4, -0.2) is 49.3 Å². The minimum atomic E-state index is -4.39. The lowest BCUT2D eigenvalue weighted by molar-refractivity contribution is -0.161. The number of allylic oxidation sites excluding steroid dienone is 6. The average molecular weight is 756 g/mol. The largest absolute Gasteiger partial charge is 0.472 e. The molecule has 0 aliphatic rings. The molecule has 304 valence electrons. The smallest absolute Gasteiger partial charge is 0.462 e. The Morgan fingerprint density at radius 2 is 1.02 bits per heavy atom. The van der Waals surface area contributed by atoms with Gasteiger partial charge in [-0.15, -0.1) is 0 Å². The highest BCUT2D eigenvalue weighted by Crippen LogP contribution is 2.43. The van der Waals surface area contributed by atoms with E-state index in [0.717, 1.165) is 57.8 Å². The molecule has 52 heavy (non-hydrogen) atoms. The molecule has 0 heterocycles. The maximum absolute atomic E-state index is 12.5. The van der Waals surface area contributed by atoms with Crippen molar-refractivity contribution >= 4 is 19.8 Å². The van der Waals surface area contributed by atoms with Crippen molar-refractivity contribution in [1.29, 1.82) is 0 Å². The van der Waals surface area contributed by atoms with Crippen LogP contribution in [0.3, 0.4) is 0 Å². The molecule has 0 fully saturated rings. The van der Waals surface area contributed by atoms with Gasteiger partial charge in [0, 0.05) is 19.4 Å². The highest BCUT2D eigenvalue weighted by atomic mass is 31.2. The molecule has 0 bridgehead atoms. The summed E-state index contributed by atoms with van der Waals surface area (Å²) in [6, 6.07) is 0. The van der Waals surface area contributed by atoms with Gasteiger partial charge in [0.25, 0.3) is 0 Å². The number of carbonyl (C=O) groups is 2. The second kappa shape index (κ2) is 38.9. The van der Waals surface area contributed by atoms with Crippen LogP contribution in [0.1, 0.15) is 187 Å².